The van der Waals surface area contributed by atoms with E-state index in [1.165, 1.54) is 39.5 Å². The quantitative estimate of drug-likeness (QED) is 0.573. The molecule has 0 heterocycles. The van der Waals surface area contributed by atoms with E-state index in [1.54, 1.807) is 0 Å². The van der Waals surface area contributed by atoms with Gasteiger partial charge in [0.25, 0.3) is 17.3 Å². The van der Waals surface area contributed by atoms with Crippen molar-refractivity contribution < 1.29 is 28.9 Å². The van der Waals surface area contributed by atoms with Crippen LogP contribution in [-0.4, -0.2) is 37.1 Å². The van der Waals surface area contributed by atoms with Gasteiger partial charge >= 0.3 is 0 Å². The maximum absolute atomic E-state index is 12.6. The molecular formula is C16H15N3O8. The predicted octanol–water partition coefficient (Wildman–Crippen LogP) is 2.78. The van der Waals surface area contributed by atoms with Crippen molar-refractivity contribution in [1.29, 1.82) is 0 Å². The molecule has 0 aromatic heterocycles. The molecule has 0 bridgehead atoms. The lowest BCUT2D eigenvalue weighted by Crippen LogP contribution is -2.15. The number of hydrogen-bond acceptors (Lipinski definition) is 8. The number of methoxy groups -OCH3 is 3. The molecule has 142 valence electrons. The Hall–Kier alpha value is -3.89. The topological polar surface area (TPSA) is 143 Å². The number of ether oxygens (including phenoxy) is 3. The fraction of sp³-hybridized carbons (Fsp3) is 0.188. The summed E-state index contributed by atoms with van der Waals surface area (Å²) in [4.78, 5) is 33.4. The number of hydrogen-bond donors (Lipinski definition) is 1. The molecule has 0 aliphatic heterocycles. The number of amides is 1. The monoisotopic (exact) mass is 377 g/mol. The third-order valence-corrected chi connectivity index (χ3v) is 3.59. The number of carbonyl (C=O) groups excluding carboxylic acids is 1. The Morgan fingerprint density at radius 1 is 0.889 bits per heavy atom. The Labute approximate surface area is 152 Å². The minimum atomic E-state index is -0.824. The molecule has 0 radical (unpaired) electrons. The average Bonchev–Trinajstić information content (AvgIpc) is 2.66. The zero-order valence-corrected chi connectivity index (χ0v) is 14.5. The van der Waals surface area contributed by atoms with E-state index in [0.717, 1.165) is 12.1 Å². The zero-order valence-electron chi connectivity index (χ0n) is 14.5. The van der Waals surface area contributed by atoms with Crippen LogP contribution < -0.4 is 19.5 Å². The van der Waals surface area contributed by atoms with Gasteiger partial charge in [-0.1, -0.05) is 0 Å². The third-order valence-electron chi connectivity index (χ3n) is 3.59. The lowest BCUT2D eigenvalue weighted by molar-refractivity contribution is -0.385. The molecule has 11 heteroatoms. The number of nitrogens with zero attached hydrogens (tertiary/aromatic N) is 2. The largest absolute Gasteiger partial charge is 0.494 e. The SMILES string of the molecule is COc1cc([N+](=O)[O-])ccc1NC(=O)c1cc(OC)c(OC)cc1[N+](=O)[O-]. The molecule has 1 amide bonds. The number of nitro benzene ring substituents is 2. The highest BCUT2D eigenvalue weighted by atomic mass is 16.6. The van der Waals surface area contributed by atoms with E-state index in [9.17, 15) is 25.0 Å². The van der Waals surface area contributed by atoms with Crippen LogP contribution in [-0.2, 0) is 0 Å². The van der Waals surface area contributed by atoms with Crippen LogP contribution in [0.4, 0.5) is 17.1 Å². The van der Waals surface area contributed by atoms with E-state index < -0.39 is 21.4 Å². The van der Waals surface area contributed by atoms with Gasteiger partial charge in [0, 0.05) is 12.1 Å². The minimum absolute atomic E-state index is 0.0284. The van der Waals surface area contributed by atoms with E-state index in [4.69, 9.17) is 14.2 Å². The van der Waals surface area contributed by atoms with Gasteiger partial charge in [-0.15, -0.1) is 0 Å². The lowest BCUT2D eigenvalue weighted by atomic mass is 10.1. The number of nitrogens with one attached hydrogen (secondary N) is 1. The van der Waals surface area contributed by atoms with Gasteiger partial charge in [-0.2, -0.15) is 0 Å². The molecule has 11 nitrogen and oxygen atoms in total. The van der Waals surface area contributed by atoms with Crippen LogP contribution in [0.1, 0.15) is 10.4 Å². The van der Waals surface area contributed by atoms with Crippen molar-refractivity contribution in [3.63, 3.8) is 0 Å². The Kier molecular flexibility index (Phi) is 5.75. The second kappa shape index (κ2) is 7.99. The lowest BCUT2D eigenvalue weighted by Gasteiger charge is -2.12. The van der Waals surface area contributed by atoms with Crippen LogP contribution in [0.3, 0.4) is 0 Å². The van der Waals surface area contributed by atoms with Crippen molar-refractivity contribution in [2.75, 3.05) is 26.6 Å². The molecule has 0 aliphatic carbocycles. The molecule has 0 saturated heterocycles. The van der Waals surface area contributed by atoms with E-state index in [2.05, 4.69) is 5.32 Å². The van der Waals surface area contributed by atoms with E-state index in [1.807, 2.05) is 0 Å². The highest BCUT2D eigenvalue weighted by Crippen LogP contribution is 2.36. The number of nitro groups is 2. The molecular weight excluding hydrogens is 362 g/mol. The van der Waals surface area contributed by atoms with Crippen LogP contribution >= 0.6 is 0 Å². The standard InChI is InChI=1S/C16H15N3O8/c1-25-13-6-9(18(21)22)4-5-11(13)17-16(20)10-7-14(26-2)15(27-3)8-12(10)19(23)24/h4-8H,1-3H3,(H,17,20). The smallest absolute Gasteiger partial charge is 0.286 e. The first-order chi connectivity index (χ1) is 12.8. The molecule has 2 aromatic rings. The first-order valence-electron chi connectivity index (χ1n) is 7.36. The molecule has 0 fully saturated rings. The van der Waals surface area contributed by atoms with E-state index >= 15 is 0 Å². The molecule has 0 saturated carbocycles. The molecule has 2 rings (SSSR count). The van der Waals surface area contributed by atoms with Gasteiger partial charge in [0.1, 0.15) is 11.3 Å². The van der Waals surface area contributed by atoms with Crippen molar-refractivity contribution in [3.05, 3.63) is 56.1 Å². The van der Waals surface area contributed by atoms with Gasteiger partial charge in [0.2, 0.25) is 0 Å². The third kappa shape index (κ3) is 4.03. The van der Waals surface area contributed by atoms with Gasteiger partial charge in [0.15, 0.2) is 11.5 Å². The van der Waals surface area contributed by atoms with Crippen molar-refractivity contribution in [3.8, 4) is 17.2 Å². The Morgan fingerprint density at radius 3 is 2.00 bits per heavy atom. The fourth-order valence-electron chi connectivity index (χ4n) is 2.29. The second-order valence-corrected chi connectivity index (χ2v) is 5.08. The number of carbonyl (C=O) groups is 1. The average molecular weight is 377 g/mol. The molecule has 27 heavy (non-hydrogen) atoms. The van der Waals surface area contributed by atoms with Crippen molar-refractivity contribution >= 4 is 23.0 Å². The minimum Gasteiger partial charge on any atom is -0.494 e. The van der Waals surface area contributed by atoms with Crippen LogP contribution in [0.2, 0.25) is 0 Å². The Balaban J connectivity index is 2.46. The van der Waals surface area contributed by atoms with Gasteiger partial charge in [-0.25, -0.2) is 0 Å². The summed E-state index contributed by atoms with van der Waals surface area (Å²) >= 11 is 0. The molecule has 0 aliphatic rings. The number of anilines is 1. The van der Waals surface area contributed by atoms with Gasteiger partial charge in [-0.3, -0.25) is 25.0 Å². The summed E-state index contributed by atoms with van der Waals surface area (Å²) in [6.07, 6.45) is 0. The summed E-state index contributed by atoms with van der Waals surface area (Å²) in [6, 6.07) is 5.80. The summed E-state index contributed by atoms with van der Waals surface area (Å²) in [5.74, 6) is -0.576. The molecule has 0 unspecified atom stereocenters. The first kappa shape index (κ1) is 19.4. The fourth-order valence-corrected chi connectivity index (χ4v) is 2.29. The first-order valence-corrected chi connectivity index (χ1v) is 7.36. The summed E-state index contributed by atoms with van der Waals surface area (Å²) in [5.41, 5.74) is -0.900. The normalized spacial score (nSPS) is 10.0. The molecule has 2 aromatic carbocycles. The Bertz CT molecular complexity index is 913. The maximum Gasteiger partial charge on any atom is 0.286 e. The second-order valence-electron chi connectivity index (χ2n) is 5.08. The van der Waals surface area contributed by atoms with Crippen molar-refractivity contribution in [2.45, 2.75) is 0 Å². The van der Waals surface area contributed by atoms with Gasteiger partial charge < -0.3 is 19.5 Å². The number of non-ortho nitro benzene ring substituents is 1. The Morgan fingerprint density at radius 2 is 1.48 bits per heavy atom. The van der Waals surface area contributed by atoms with Crippen molar-refractivity contribution in [1.82, 2.24) is 0 Å². The van der Waals surface area contributed by atoms with Crippen LogP contribution in [0.25, 0.3) is 0 Å². The number of benzene rings is 2. The summed E-state index contributed by atoms with van der Waals surface area (Å²) in [6.45, 7) is 0. The zero-order chi connectivity index (χ0) is 20.1. The number of rotatable bonds is 7. The molecule has 1 N–H and O–H groups in total. The van der Waals surface area contributed by atoms with E-state index in [0.29, 0.717) is 0 Å². The molecule has 0 atom stereocenters. The van der Waals surface area contributed by atoms with Crippen LogP contribution in [0.5, 0.6) is 17.2 Å². The van der Waals surface area contributed by atoms with Crippen LogP contribution in [0.15, 0.2) is 30.3 Å². The van der Waals surface area contributed by atoms with Gasteiger partial charge in [-0.05, 0) is 6.07 Å². The summed E-state index contributed by atoms with van der Waals surface area (Å²) in [5, 5.41) is 24.6. The van der Waals surface area contributed by atoms with E-state index in [-0.39, 0.29) is 34.2 Å². The summed E-state index contributed by atoms with van der Waals surface area (Å²) < 4.78 is 15.1. The van der Waals surface area contributed by atoms with Crippen molar-refractivity contribution in [2.24, 2.45) is 0 Å². The van der Waals surface area contributed by atoms with Gasteiger partial charge in [0.05, 0.1) is 49.0 Å². The highest BCUT2D eigenvalue weighted by Gasteiger charge is 2.25. The maximum atomic E-state index is 12.6. The highest BCUT2D eigenvalue weighted by molar-refractivity contribution is 6.08. The molecule has 0 spiro atoms. The predicted molar refractivity (Wildman–Crippen MR) is 93.8 cm³/mol. The van der Waals surface area contributed by atoms with Crippen LogP contribution in [0, 0.1) is 20.2 Å². The summed E-state index contributed by atoms with van der Waals surface area (Å²) in [7, 11) is 3.90.